The fourth-order valence-electron chi connectivity index (χ4n) is 1.85. The molecule has 3 nitrogen and oxygen atoms in total. The maximum Gasteiger partial charge on any atom is 0.264 e. The molecule has 2 rings (SSSR count). The van der Waals surface area contributed by atoms with Gasteiger partial charge in [-0.05, 0) is 30.3 Å². The summed E-state index contributed by atoms with van der Waals surface area (Å²) >= 11 is 6.22. The Bertz CT molecular complexity index is 699. The van der Waals surface area contributed by atoms with E-state index in [1.165, 1.54) is 7.05 Å². The smallest absolute Gasteiger partial charge is 0.264 e. The lowest BCUT2D eigenvalue weighted by Gasteiger charge is -2.20. The molecule has 0 atom stereocenters. The van der Waals surface area contributed by atoms with E-state index in [0.29, 0.717) is 11.4 Å². The second-order valence-electron chi connectivity index (χ2n) is 4.31. The average Bonchev–Trinajstić information content (AvgIpc) is 2.36. The first-order valence-corrected chi connectivity index (χ1v) is 7.37. The van der Waals surface area contributed by atoms with Gasteiger partial charge in [-0.15, -0.1) is 0 Å². The van der Waals surface area contributed by atoms with Gasteiger partial charge in [-0.2, -0.15) is 0 Å². The first-order chi connectivity index (χ1) is 9.81. The predicted molar refractivity (Wildman–Crippen MR) is 85.3 cm³/mol. The van der Waals surface area contributed by atoms with Crippen molar-refractivity contribution in [2.24, 2.45) is 0 Å². The van der Waals surface area contributed by atoms with Gasteiger partial charge in [0.1, 0.15) is 17.2 Å². The van der Waals surface area contributed by atoms with Crippen LogP contribution < -0.4 is 10.6 Å². The first kappa shape index (κ1) is 15.9. The van der Waals surface area contributed by atoms with Gasteiger partial charge in [0.2, 0.25) is 0 Å². The molecule has 0 aromatic heterocycles. The Balaban J connectivity index is 2.45. The van der Waals surface area contributed by atoms with Crippen LogP contribution in [-0.2, 0) is 0 Å². The zero-order valence-corrected chi connectivity index (χ0v) is 14.0. The van der Waals surface area contributed by atoms with Crippen LogP contribution >= 0.6 is 31.9 Å². The summed E-state index contributed by atoms with van der Waals surface area (Å²) in [5, 5.41) is 0. The second-order valence-corrected chi connectivity index (χ2v) is 6.14. The molecule has 2 aromatic rings. The number of carbonyl (C=O) groups is 1. The van der Waals surface area contributed by atoms with E-state index >= 15 is 0 Å². The van der Waals surface area contributed by atoms with E-state index in [4.69, 9.17) is 5.73 Å². The average molecular weight is 420 g/mol. The fraction of sp³-hybridized carbons (Fsp3) is 0.0714. The Hall–Kier alpha value is -1.47. The molecule has 0 spiro atoms. The van der Waals surface area contributed by atoms with E-state index in [9.17, 15) is 13.6 Å². The second kappa shape index (κ2) is 6.11. The van der Waals surface area contributed by atoms with Crippen LogP contribution in [0.25, 0.3) is 0 Å². The predicted octanol–water partition coefficient (Wildman–Crippen LogP) is 4.35. The number of nitrogens with zero attached hydrogens (tertiary/aromatic N) is 1. The molecule has 1 amide bonds. The van der Waals surface area contributed by atoms with Crippen LogP contribution in [0.2, 0.25) is 0 Å². The monoisotopic (exact) mass is 418 g/mol. The largest absolute Gasteiger partial charge is 0.397 e. The van der Waals surface area contributed by atoms with Crippen LogP contribution in [0, 0.1) is 11.6 Å². The van der Waals surface area contributed by atoms with Crippen molar-refractivity contribution in [1.82, 2.24) is 0 Å². The van der Waals surface area contributed by atoms with Gasteiger partial charge in [-0.3, -0.25) is 4.79 Å². The van der Waals surface area contributed by atoms with Crippen molar-refractivity contribution in [3.8, 4) is 0 Å². The van der Waals surface area contributed by atoms with E-state index in [0.717, 1.165) is 21.5 Å². The van der Waals surface area contributed by atoms with Crippen molar-refractivity contribution < 1.29 is 13.6 Å². The third kappa shape index (κ3) is 3.24. The highest BCUT2D eigenvalue weighted by molar-refractivity contribution is 9.10. The molecule has 0 fully saturated rings. The summed E-state index contributed by atoms with van der Waals surface area (Å²) in [7, 11) is 1.41. The number of hydrogen-bond acceptors (Lipinski definition) is 2. The molecule has 2 N–H and O–H groups in total. The molecule has 0 radical (unpaired) electrons. The Kier molecular flexibility index (Phi) is 4.63. The molecule has 0 saturated heterocycles. The standard InChI is InChI=1S/C14H10Br2F2N2O/c1-20(12-3-2-7(15)6-11(12)19)14(21)13-9(17)4-8(16)5-10(13)18/h2-6H,19H2,1H3. The van der Waals surface area contributed by atoms with Gasteiger partial charge in [0, 0.05) is 16.0 Å². The SMILES string of the molecule is CN(C(=O)c1c(F)cc(Br)cc1F)c1ccc(Br)cc1N. The summed E-state index contributed by atoms with van der Waals surface area (Å²) in [6, 6.07) is 6.95. The molecule has 0 unspecified atom stereocenters. The van der Waals surface area contributed by atoms with Crippen LogP contribution in [0.3, 0.4) is 0 Å². The summed E-state index contributed by atoms with van der Waals surface area (Å²) in [6.07, 6.45) is 0. The summed E-state index contributed by atoms with van der Waals surface area (Å²) in [5.41, 5.74) is 5.88. The van der Waals surface area contributed by atoms with Crippen LogP contribution in [0.5, 0.6) is 0 Å². The molecule has 110 valence electrons. The number of benzene rings is 2. The van der Waals surface area contributed by atoms with Gasteiger partial charge in [0.25, 0.3) is 5.91 Å². The summed E-state index contributed by atoms with van der Waals surface area (Å²) in [6.45, 7) is 0. The van der Waals surface area contributed by atoms with Gasteiger partial charge in [0.05, 0.1) is 11.4 Å². The molecule has 0 aliphatic carbocycles. The van der Waals surface area contributed by atoms with E-state index in [2.05, 4.69) is 31.9 Å². The van der Waals surface area contributed by atoms with Crippen LogP contribution in [0.4, 0.5) is 20.2 Å². The van der Waals surface area contributed by atoms with Gasteiger partial charge >= 0.3 is 0 Å². The fourth-order valence-corrected chi connectivity index (χ4v) is 2.64. The summed E-state index contributed by atoms with van der Waals surface area (Å²) in [5.74, 6) is -2.68. The Morgan fingerprint density at radius 3 is 2.19 bits per heavy atom. The number of nitrogens with two attached hydrogens (primary N) is 1. The number of carbonyl (C=O) groups excluding carboxylic acids is 1. The van der Waals surface area contributed by atoms with Crippen molar-refractivity contribution in [1.29, 1.82) is 0 Å². The highest BCUT2D eigenvalue weighted by atomic mass is 79.9. The van der Waals surface area contributed by atoms with Gasteiger partial charge < -0.3 is 10.6 Å². The minimum absolute atomic E-state index is 0.222. The zero-order valence-electron chi connectivity index (χ0n) is 10.8. The molecule has 21 heavy (non-hydrogen) atoms. The summed E-state index contributed by atoms with van der Waals surface area (Å²) < 4.78 is 28.7. The maximum atomic E-state index is 13.8. The van der Waals surface area contributed by atoms with Gasteiger partial charge in [-0.25, -0.2) is 8.78 Å². The lowest BCUT2D eigenvalue weighted by molar-refractivity contribution is 0.0985. The van der Waals surface area contributed by atoms with Gasteiger partial charge in [0.15, 0.2) is 0 Å². The third-order valence-corrected chi connectivity index (χ3v) is 3.83. The first-order valence-electron chi connectivity index (χ1n) is 5.79. The minimum Gasteiger partial charge on any atom is -0.397 e. The molecule has 7 heteroatoms. The normalized spacial score (nSPS) is 10.5. The van der Waals surface area contributed by atoms with Crippen molar-refractivity contribution in [2.75, 3.05) is 17.7 Å². The van der Waals surface area contributed by atoms with Crippen molar-refractivity contribution in [3.05, 3.63) is 56.5 Å². The molecule has 0 aliphatic rings. The number of amides is 1. The Morgan fingerprint density at radius 1 is 1.10 bits per heavy atom. The lowest BCUT2D eigenvalue weighted by atomic mass is 10.1. The highest BCUT2D eigenvalue weighted by Gasteiger charge is 2.23. The Morgan fingerprint density at radius 2 is 1.67 bits per heavy atom. The molecule has 0 saturated carbocycles. The zero-order chi connectivity index (χ0) is 15.7. The van der Waals surface area contributed by atoms with Crippen LogP contribution in [0.15, 0.2) is 39.3 Å². The van der Waals surface area contributed by atoms with Crippen LogP contribution in [0.1, 0.15) is 10.4 Å². The van der Waals surface area contributed by atoms with E-state index in [1.54, 1.807) is 18.2 Å². The molecule has 0 bridgehead atoms. The Labute approximate surface area is 137 Å². The van der Waals surface area contributed by atoms with Gasteiger partial charge in [-0.1, -0.05) is 31.9 Å². The quantitative estimate of drug-likeness (QED) is 0.735. The number of rotatable bonds is 2. The number of hydrogen-bond donors (Lipinski definition) is 1. The van der Waals surface area contributed by atoms with E-state index in [1.807, 2.05) is 0 Å². The van der Waals surface area contributed by atoms with E-state index < -0.39 is 23.1 Å². The third-order valence-electron chi connectivity index (χ3n) is 2.88. The highest BCUT2D eigenvalue weighted by Crippen LogP contribution is 2.28. The molecular formula is C14H10Br2F2N2O. The number of nitrogen functional groups attached to an aromatic ring is 1. The minimum atomic E-state index is -0.936. The molecular weight excluding hydrogens is 410 g/mol. The van der Waals surface area contributed by atoms with Crippen molar-refractivity contribution in [3.63, 3.8) is 0 Å². The summed E-state index contributed by atoms with van der Waals surface area (Å²) in [4.78, 5) is 13.4. The van der Waals surface area contributed by atoms with E-state index in [-0.39, 0.29) is 4.47 Å². The lowest BCUT2D eigenvalue weighted by Crippen LogP contribution is -2.28. The maximum absolute atomic E-state index is 13.8. The van der Waals surface area contributed by atoms with Crippen molar-refractivity contribution >= 4 is 49.1 Å². The number of halogens is 4. The molecule has 2 aromatic carbocycles. The topological polar surface area (TPSA) is 46.3 Å². The molecule has 0 heterocycles. The van der Waals surface area contributed by atoms with Crippen LogP contribution in [-0.4, -0.2) is 13.0 Å². The number of anilines is 2. The molecule has 0 aliphatic heterocycles. The van der Waals surface area contributed by atoms with Crippen molar-refractivity contribution in [2.45, 2.75) is 0 Å².